The van der Waals surface area contributed by atoms with Gasteiger partial charge in [-0.15, -0.1) is 0 Å². The standard InChI is InChI=1S/C14H16N4S2/c1-2-4-14(16-10-12-6-8-20-18-12)13(3-1)15-9-11-5-7-19-17-11/h5-10,13-14H,1-4H2/b15-9+,16-10+. The van der Waals surface area contributed by atoms with Crippen molar-refractivity contribution in [2.75, 3.05) is 0 Å². The van der Waals surface area contributed by atoms with Gasteiger partial charge in [0.15, 0.2) is 0 Å². The topological polar surface area (TPSA) is 50.5 Å². The third kappa shape index (κ3) is 3.58. The number of rotatable bonds is 4. The fraction of sp³-hybridized carbons (Fsp3) is 0.429. The van der Waals surface area contributed by atoms with Gasteiger partial charge in [-0.25, -0.2) is 0 Å². The van der Waals surface area contributed by atoms with Crippen LogP contribution in [0, 0.1) is 0 Å². The van der Waals surface area contributed by atoms with E-state index in [2.05, 4.69) is 8.75 Å². The molecule has 20 heavy (non-hydrogen) atoms. The Hall–Kier alpha value is -1.40. The van der Waals surface area contributed by atoms with Crippen molar-refractivity contribution >= 4 is 35.5 Å². The fourth-order valence-corrected chi connectivity index (χ4v) is 3.34. The summed E-state index contributed by atoms with van der Waals surface area (Å²) in [6.07, 6.45) is 8.47. The molecule has 0 N–H and O–H groups in total. The molecule has 0 bridgehead atoms. The summed E-state index contributed by atoms with van der Waals surface area (Å²) in [6, 6.07) is 4.54. The van der Waals surface area contributed by atoms with E-state index >= 15 is 0 Å². The summed E-state index contributed by atoms with van der Waals surface area (Å²) in [6.45, 7) is 0. The van der Waals surface area contributed by atoms with E-state index in [1.54, 1.807) is 0 Å². The molecule has 3 rings (SSSR count). The number of hydrogen-bond acceptors (Lipinski definition) is 6. The van der Waals surface area contributed by atoms with E-state index in [0.29, 0.717) is 0 Å². The molecular formula is C14H16N4S2. The van der Waals surface area contributed by atoms with Crippen molar-refractivity contribution in [1.82, 2.24) is 8.75 Å². The summed E-state index contributed by atoms with van der Waals surface area (Å²) in [4.78, 5) is 9.39. The SMILES string of the molecule is C(=N\C1CCCCC1/N=C/c1ccsn1)/c1ccsn1. The van der Waals surface area contributed by atoms with Crippen LogP contribution in [0.1, 0.15) is 37.1 Å². The van der Waals surface area contributed by atoms with Crippen molar-refractivity contribution in [3.63, 3.8) is 0 Å². The van der Waals surface area contributed by atoms with Crippen LogP contribution in [0.15, 0.2) is 32.9 Å². The summed E-state index contributed by atoms with van der Waals surface area (Å²) in [7, 11) is 0. The molecule has 2 unspecified atom stereocenters. The van der Waals surface area contributed by atoms with Crippen LogP contribution < -0.4 is 0 Å². The molecule has 6 heteroatoms. The maximum atomic E-state index is 4.69. The van der Waals surface area contributed by atoms with Crippen LogP contribution in [0.5, 0.6) is 0 Å². The number of aromatic nitrogens is 2. The quantitative estimate of drug-likeness (QED) is 0.812. The molecule has 1 fully saturated rings. The van der Waals surface area contributed by atoms with Crippen molar-refractivity contribution in [2.24, 2.45) is 9.98 Å². The van der Waals surface area contributed by atoms with Crippen LogP contribution in [0.25, 0.3) is 0 Å². The second kappa shape index (κ2) is 6.85. The summed E-state index contributed by atoms with van der Waals surface area (Å²) >= 11 is 2.92. The minimum Gasteiger partial charge on any atom is -0.285 e. The van der Waals surface area contributed by atoms with E-state index in [1.807, 2.05) is 35.3 Å². The zero-order valence-corrected chi connectivity index (χ0v) is 12.7. The van der Waals surface area contributed by atoms with E-state index in [0.717, 1.165) is 24.2 Å². The maximum Gasteiger partial charge on any atom is 0.0946 e. The molecule has 0 aromatic carbocycles. The molecule has 104 valence electrons. The van der Waals surface area contributed by atoms with Gasteiger partial charge >= 0.3 is 0 Å². The molecular weight excluding hydrogens is 288 g/mol. The Morgan fingerprint density at radius 2 is 1.40 bits per heavy atom. The van der Waals surface area contributed by atoms with Gasteiger partial charge in [0.1, 0.15) is 0 Å². The first-order valence-electron chi connectivity index (χ1n) is 6.79. The van der Waals surface area contributed by atoms with Crippen LogP contribution in [0.2, 0.25) is 0 Å². The highest BCUT2D eigenvalue weighted by Gasteiger charge is 2.23. The summed E-state index contributed by atoms with van der Waals surface area (Å²) in [5.41, 5.74) is 1.89. The van der Waals surface area contributed by atoms with Crippen LogP contribution in [0.3, 0.4) is 0 Å². The Labute approximate surface area is 126 Å². The lowest BCUT2D eigenvalue weighted by atomic mass is 9.91. The number of nitrogens with zero attached hydrogens (tertiary/aromatic N) is 4. The highest BCUT2D eigenvalue weighted by Crippen LogP contribution is 2.24. The number of aliphatic imine (C=N–C) groups is 2. The third-order valence-electron chi connectivity index (χ3n) is 3.41. The second-order valence-corrected chi connectivity index (χ2v) is 6.16. The predicted octanol–water partition coefficient (Wildman–Crippen LogP) is 3.45. The van der Waals surface area contributed by atoms with Gasteiger partial charge in [-0.3, -0.25) is 9.98 Å². The number of hydrogen-bond donors (Lipinski definition) is 0. The molecule has 0 spiro atoms. The van der Waals surface area contributed by atoms with Gasteiger partial charge < -0.3 is 0 Å². The fourth-order valence-electron chi connectivity index (χ4n) is 2.36. The van der Waals surface area contributed by atoms with Crippen LogP contribution >= 0.6 is 23.1 Å². The minimum atomic E-state index is 0.278. The van der Waals surface area contributed by atoms with Gasteiger partial charge in [-0.2, -0.15) is 8.75 Å². The van der Waals surface area contributed by atoms with Gasteiger partial charge in [0.2, 0.25) is 0 Å². The lowest BCUT2D eigenvalue weighted by molar-refractivity contribution is 0.390. The largest absolute Gasteiger partial charge is 0.285 e. The maximum absolute atomic E-state index is 4.69. The Morgan fingerprint density at radius 1 is 0.900 bits per heavy atom. The summed E-state index contributed by atoms with van der Waals surface area (Å²) in [5.74, 6) is 0. The molecule has 0 aliphatic heterocycles. The zero-order chi connectivity index (χ0) is 13.6. The van der Waals surface area contributed by atoms with E-state index < -0.39 is 0 Å². The van der Waals surface area contributed by atoms with Gasteiger partial charge in [0.05, 0.1) is 23.5 Å². The van der Waals surface area contributed by atoms with Gasteiger partial charge in [-0.05, 0) is 48.0 Å². The van der Waals surface area contributed by atoms with Crippen molar-refractivity contribution in [3.8, 4) is 0 Å². The lowest BCUT2D eigenvalue weighted by Gasteiger charge is -2.25. The Morgan fingerprint density at radius 3 is 1.80 bits per heavy atom. The van der Waals surface area contributed by atoms with E-state index in [4.69, 9.17) is 9.98 Å². The molecule has 1 aliphatic rings. The average molecular weight is 304 g/mol. The Bertz CT molecular complexity index is 508. The highest BCUT2D eigenvalue weighted by molar-refractivity contribution is 7.03. The first-order valence-corrected chi connectivity index (χ1v) is 8.46. The first-order chi connectivity index (χ1) is 9.92. The Balaban J connectivity index is 1.67. The van der Waals surface area contributed by atoms with Crippen LogP contribution in [-0.2, 0) is 0 Å². The highest BCUT2D eigenvalue weighted by atomic mass is 32.1. The van der Waals surface area contributed by atoms with E-state index in [9.17, 15) is 0 Å². The van der Waals surface area contributed by atoms with Crippen LogP contribution in [-0.4, -0.2) is 33.3 Å². The molecule has 0 radical (unpaired) electrons. The molecule has 2 aromatic rings. The van der Waals surface area contributed by atoms with E-state index in [-0.39, 0.29) is 12.1 Å². The van der Waals surface area contributed by atoms with Crippen molar-refractivity contribution in [2.45, 2.75) is 37.8 Å². The molecule has 2 aromatic heterocycles. The summed E-state index contributed by atoms with van der Waals surface area (Å²) in [5, 5.41) is 3.94. The summed E-state index contributed by atoms with van der Waals surface area (Å²) < 4.78 is 8.52. The second-order valence-electron chi connectivity index (χ2n) is 4.82. The van der Waals surface area contributed by atoms with Crippen molar-refractivity contribution in [3.05, 3.63) is 34.3 Å². The van der Waals surface area contributed by atoms with Crippen molar-refractivity contribution in [1.29, 1.82) is 0 Å². The molecule has 2 heterocycles. The molecule has 2 atom stereocenters. The molecule has 0 saturated heterocycles. The minimum absolute atomic E-state index is 0.278. The third-order valence-corrected chi connectivity index (χ3v) is 4.55. The molecule has 1 saturated carbocycles. The molecule has 1 aliphatic carbocycles. The van der Waals surface area contributed by atoms with Gasteiger partial charge in [0, 0.05) is 23.2 Å². The Kier molecular flexibility index (Phi) is 4.65. The van der Waals surface area contributed by atoms with Crippen LogP contribution in [0.4, 0.5) is 0 Å². The molecule has 0 amide bonds. The normalized spacial score (nSPS) is 23.8. The van der Waals surface area contributed by atoms with Gasteiger partial charge in [0.25, 0.3) is 0 Å². The molecule has 4 nitrogen and oxygen atoms in total. The monoisotopic (exact) mass is 304 g/mol. The van der Waals surface area contributed by atoms with Crippen molar-refractivity contribution < 1.29 is 0 Å². The van der Waals surface area contributed by atoms with E-state index in [1.165, 1.54) is 35.9 Å². The predicted molar refractivity (Wildman–Crippen MR) is 85.5 cm³/mol. The zero-order valence-electron chi connectivity index (χ0n) is 11.1. The smallest absolute Gasteiger partial charge is 0.0946 e. The lowest BCUT2D eigenvalue weighted by Crippen LogP contribution is -2.27. The van der Waals surface area contributed by atoms with Gasteiger partial charge in [-0.1, -0.05) is 12.8 Å². The average Bonchev–Trinajstić information content (AvgIpc) is 3.17. The first kappa shape index (κ1) is 13.6.